The maximum absolute atomic E-state index is 13.0. The number of fused-ring (bicyclic) bond motifs is 1. The van der Waals surface area contributed by atoms with Gasteiger partial charge in [0.1, 0.15) is 12.2 Å². The highest BCUT2D eigenvalue weighted by Crippen LogP contribution is 2.21. The van der Waals surface area contributed by atoms with Gasteiger partial charge in [-0.3, -0.25) is 4.79 Å². The molecule has 3 amide bonds. The van der Waals surface area contributed by atoms with Crippen molar-refractivity contribution in [2.45, 2.75) is 32.0 Å². The van der Waals surface area contributed by atoms with Gasteiger partial charge in [0, 0.05) is 48.9 Å². The van der Waals surface area contributed by atoms with E-state index in [2.05, 4.69) is 15.5 Å². The number of nitrogens with one attached hydrogen (secondary N) is 2. The van der Waals surface area contributed by atoms with Crippen LogP contribution in [0.2, 0.25) is 5.02 Å². The lowest BCUT2D eigenvalue weighted by molar-refractivity contribution is 0.0628. The van der Waals surface area contributed by atoms with Gasteiger partial charge < -0.3 is 29.4 Å². The summed E-state index contributed by atoms with van der Waals surface area (Å²) in [5.41, 5.74) is 2.26. The molecule has 0 spiro atoms. The Hall–Kier alpha value is -3.04. The van der Waals surface area contributed by atoms with Crippen molar-refractivity contribution in [3.63, 3.8) is 0 Å². The molecule has 0 radical (unpaired) electrons. The summed E-state index contributed by atoms with van der Waals surface area (Å²) in [6.45, 7) is 1.62. The van der Waals surface area contributed by atoms with Crippen LogP contribution in [0.5, 0.6) is 0 Å². The van der Waals surface area contributed by atoms with Gasteiger partial charge in [-0.15, -0.1) is 0 Å². The van der Waals surface area contributed by atoms with Crippen molar-refractivity contribution in [3.05, 3.63) is 52.5 Å². The first-order valence-corrected chi connectivity index (χ1v) is 10.8. The van der Waals surface area contributed by atoms with E-state index in [4.69, 9.17) is 20.9 Å². The molecule has 2 N–H and O–H groups in total. The second-order valence-electron chi connectivity index (χ2n) is 7.94. The first-order valence-electron chi connectivity index (χ1n) is 10.5. The third-order valence-corrected chi connectivity index (χ3v) is 6.01. The van der Waals surface area contributed by atoms with E-state index in [1.807, 2.05) is 24.3 Å². The van der Waals surface area contributed by atoms with Gasteiger partial charge >= 0.3 is 6.03 Å². The zero-order valence-electron chi connectivity index (χ0n) is 18.1. The lowest BCUT2D eigenvalue weighted by atomic mass is 10.0. The zero-order valence-corrected chi connectivity index (χ0v) is 18.8. The Balaban J connectivity index is 1.35. The number of benzene rings is 1. The van der Waals surface area contributed by atoms with Crippen molar-refractivity contribution in [2.75, 3.05) is 27.2 Å². The van der Waals surface area contributed by atoms with E-state index in [9.17, 15) is 9.59 Å². The van der Waals surface area contributed by atoms with Crippen LogP contribution in [0.15, 0.2) is 35.0 Å². The summed E-state index contributed by atoms with van der Waals surface area (Å²) < 4.78 is 10.2. The molecule has 1 aromatic carbocycles. The zero-order chi connectivity index (χ0) is 22.7. The predicted octanol–water partition coefficient (Wildman–Crippen LogP) is 3.40. The maximum atomic E-state index is 13.0. The van der Waals surface area contributed by atoms with Crippen LogP contribution in [-0.2, 0) is 17.9 Å². The number of carbonyl (C=O) groups is 2. The van der Waals surface area contributed by atoms with Crippen LogP contribution in [0.1, 0.15) is 34.7 Å². The molecule has 9 nitrogen and oxygen atoms in total. The van der Waals surface area contributed by atoms with Crippen molar-refractivity contribution in [3.8, 4) is 0 Å². The molecule has 1 fully saturated rings. The van der Waals surface area contributed by atoms with E-state index >= 15 is 0 Å². The Labute approximate surface area is 190 Å². The number of aromatic nitrogens is 2. The number of ether oxygens (including phenoxy) is 1. The number of nitrogens with zero attached hydrogens (tertiary/aromatic N) is 3. The van der Waals surface area contributed by atoms with Gasteiger partial charge in [-0.2, -0.15) is 0 Å². The summed E-state index contributed by atoms with van der Waals surface area (Å²) >= 11 is 6.04. The maximum Gasteiger partial charge on any atom is 0.317 e. The van der Waals surface area contributed by atoms with Gasteiger partial charge in [-0.25, -0.2) is 4.79 Å². The van der Waals surface area contributed by atoms with E-state index in [-0.39, 0.29) is 24.6 Å². The number of hydrogen-bond donors (Lipinski definition) is 2. The fourth-order valence-electron chi connectivity index (χ4n) is 4.02. The molecule has 0 bridgehead atoms. The molecule has 1 saturated heterocycles. The molecule has 32 heavy (non-hydrogen) atoms. The van der Waals surface area contributed by atoms with Gasteiger partial charge in [0.05, 0.1) is 18.8 Å². The van der Waals surface area contributed by atoms with Crippen LogP contribution in [0.4, 0.5) is 4.79 Å². The molecule has 0 aliphatic carbocycles. The van der Waals surface area contributed by atoms with E-state index in [0.29, 0.717) is 36.0 Å². The number of amides is 3. The van der Waals surface area contributed by atoms with Crippen molar-refractivity contribution in [2.24, 2.45) is 0 Å². The van der Waals surface area contributed by atoms with Gasteiger partial charge in [0.2, 0.25) is 0 Å². The number of methoxy groups -OCH3 is 1. The summed E-state index contributed by atoms with van der Waals surface area (Å²) in [6.07, 6.45) is 3.05. The molecule has 0 saturated carbocycles. The highest BCUT2D eigenvalue weighted by Gasteiger charge is 2.31. The quantitative estimate of drug-likeness (QED) is 0.588. The molecule has 1 atom stereocenters. The van der Waals surface area contributed by atoms with Gasteiger partial charge in [0.15, 0.2) is 5.76 Å². The molecule has 10 heteroatoms. The standard InChI is InChI=1S/C22H26ClN5O4/c1-27(22(30)24-10-16-9-14-8-15(23)5-6-19(14)26-16)17-4-3-7-28(12-17)21(29)18-11-25-32-20(18)13-31-2/h5-6,8-9,11,17,26H,3-4,7,10,12-13H2,1-2H3,(H,24,30)/t17-/m1/s1. The predicted molar refractivity (Wildman–Crippen MR) is 119 cm³/mol. The Kier molecular flexibility index (Phi) is 6.66. The molecule has 2 aromatic heterocycles. The minimum absolute atomic E-state index is 0.0834. The Morgan fingerprint density at radius 3 is 3.06 bits per heavy atom. The lowest BCUT2D eigenvalue weighted by Crippen LogP contribution is -2.52. The van der Waals surface area contributed by atoms with Crippen LogP contribution in [0.3, 0.4) is 0 Å². The summed E-state index contributed by atoms with van der Waals surface area (Å²) in [4.78, 5) is 32.4. The largest absolute Gasteiger partial charge is 0.377 e. The van der Waals surface area contributed by atoms with E-state index in [1.165, 1.54) is 13.3 Å². The van der Waals surface area contributed by atoms with Crippen molar-refractivity contribution < 1.29 is 18.8 Å². The fraction of sp³-hybridized carbons (Fsp3) is 0.409. The number of likely N-dealkylation sites (tertiary alicyclic amines) is 1. The SMILES string of the molecule is COCc1oncc1C(=O)N1CCC[C@@H](N(C)C(=O)NCc2cc3cc(Cl)ccc3[nH]2)C1. The summed E-state index contributed by atoms with van der Waals surface area (Å²) in [6, 6.07) is 7.32. The number of rotatable bonds is 6. The Morgan fingerprint density at radius 1 is 1.41 bits per heavy atom. The number of piperidine rings is 1. The van der Waals surface area contributed by atoms with E-state index in [1.54, 1.807) is 16.8 Å². The number of carbonyl (C=O) groups excluding carboxylic acids is 2. The summed E-state index contributed by atoms with van der Waals surface area (Å²) in [5, 5.41) is 8.34. The molecule has 1 aliphatic heterocycles. The first kappa shape index (κ1) is 22.2. The number of likely N-dealkylation sites (N-methyl/N-ethyl adjacent to an activating group) is 1. The number of urea groups is 1. The molecule has 3 heterocycles. The highest BCUT2D eigenvalue weighted by molar-refractivity contribution is 6.31. The van der Waals surface area contributed by atoms with Crippen LogP contribution in [-0.4, -0.2) is 65.2 Å². The lowest BCUT2D eigenvalue weighted by Gasteiger charge is -2.37. The van der Waals surface area contributed by atoms with Gasteiger partial charge in [-0.1, -0.05) is 16.8 Å². The molecule has 1 aliphatic rings. The van der Waals surface area contributed by atoms with Crippen LogP contribution in [0, 0.1) is 0 Å². The minimum atomic E-state index is -0.189. The molecular formula is C22H26ClN5O4. The molecule has 170 valence electrons. The normalized spacial score (nSPS) is 16.3. The van der Waals surface area contributed by atoms with Crippen LogP contribution < -0.4 is 5.32 Å². The van der Waals surface area contributed by atoms with E-state index < -0.39 is 0 Å². The molecular weight excluding hydrogens is 434 g/mol. The second kappa shape index (κ2) is 9.62. The van der Waals surface area contributed by atoms with Gasteiger partial charge in [0.25, 0.3) is 5.91 Å². The molecule has 0 unspecified atom stereocenters. The second-order valence-corrected chi connectivity index (χ2v) is 8.38. The Morgan fingerprint density at radius 2 is 2.25 bits per heavy atom. The average Bonchev–Trinajstić information content (AvgIpc) is 3.43. The third kappa shape index (κ3) is 4.73. The fourth-order valence-corrected chi connectivity index (χ4v) is 4.20. The minimum Gasteiger partial charge on any atom is -0.377 e. The molecule has 4 rings (SSSR count). The number of aromatic amines is 1. The summed E-state index contributed by atoms with van der Waals surface area (Å²) in [5.74, 6) is 0.249. The third-order valence-electron chi connectivity index (χ3n) is 5.77. The van der Waals surface area contributed by atoms with Crippen molar-refractivity contribution in [1.29, 1.82) is 0 Å². The Bertz CT molecular complexity index is 1110. The number of hydrogen-bond acceptors (Lipinski definition) is 5. The van der Waals surface area contributed by atoms with Crippen LogP contribution in [0.25, 0.3) is 10.9 Å². The number of H-pyrrole nitrogens is 1. The number of halogens is 1. The average molecular weight is 460 g/mol. The highest BCUT2D eigenvalue weighted by atomic mass is 35.5. The van der Waals surface area contributed by atoms with Crippen molar-refractivity contribution >= 4 is 34.4 Å². The smallest absolute Gasteiger partial charge is 0.317 e. The van der Waals surface area contributed by atoms with Gasteiger partial charge in [-0.05, 0) is 37.1 Å². The monoisotopic (exact) mass is 459 g/mol. The van der Waals surface area contributed by atoms with Crippen LogP contribution >= 0.6 is 11.6 Å². The topological polar surface area (TPSA) is 104 Å². The van der Waals surface area contributed by atoms with Crippen molar-refractivity contribution in [1.82, 2.24) is 25.3 Å². The molecule has 3 aromatic rings. The van der Waals surface area contributed by atoms with E-state index in [0.717, 1.165) is 29.4 Å². The summed E-state index contributed by atoms with van der Waals surface area (Å²) in [7, 11) is 3.29. The first-order chi connectivity index (χ1) is 15.5.